The first-order valence-corrected chi connectivity index (χ1v) is 15.0. The van der Waals surface area contributed by atoms with Gasteiger partial charge in [0.2, 0.25) is 0 Å². The Hall–Kier alpha value is -1.42. The van der Waals surface area contributed by atoms with Crippen LogP contribution in [0.25, 0.3) is 0 Å². The Morgan fingerprint density at radius 1 is 0.686 bits per heavy atom. The fourth-order valence-electron chi connectivity index (χ4n) is 7.09. The van der Waals surface area contributed by atoms with Gasteiger partial charge in [0.15, 0.2) is 0 Å². The van der Waals surface area contributed by atoms with E-state index < -0.39 is 0 Å². The topological polar surface area (TPSA) is 29.1 Å². The molecule has 3 heteroatoms. The van der Waals surface area contributed by atoms with E-state index in [9.17, 15) is 5.11 Å². The lowest BCUT2D eigenvalue weighted by Gasteiger charge is -2.42. The Bertz CT molecular complexity index is 764. The second kappa shape index (κ2) is 15.0. The molecule has 35 heavy (non-hydrogen) atoms. The van der Waals surface area contributed by atoms with E-state index in [-0.39, 0.29) is 6.10 Å². The number of piperidine rings is 1. The number of hydrogen-bond donors (Lipinski definition) is 3. The van der Waals surface area contributed by atoms with Crippen LogP contribution < -0.4 is 9.80 Å². The number of nitrogens with one attached hydrogen (secondary N) is 2. The fourth-order valence-corrected chi connectivity index (χ4v) is 7.09. The van der Waals surface area contributed by atoms with Gasteiger partial charge in [-0.1, -0.05) is 73.9 Å². The molecule has 5 aliphatic heterocycles. The minimum atomic E-state index is -0.341. The first kappa shape index (κ1) is 26.6. The Balaban J connectivity index is 1.55. The molecule has 3 unspecified atom stereocenters. The number of rotatable bonds is 0. The smallest absolute Gasteiger partial charge is 0.121 e. The van der Waals surface area contributed by atoms with Crippen molar-refractivity contribution in [2.45, 2.75) is 83.2 Å². The van der Waals surface area contributed by atoms with Crippen LogP contribution in [0.3, 0.4) is 0 Å². The summed E-state index contributed by atoms with van der Waals surface area (Å²) in [6.45, 7) is 7.20. The standard InChI is InChI=1S/C32H50N2O/c35-31-19-15-11-7-2-1-6-10-14-18-29-25-33-21-16-12-8-4-3-5-9-13-17-28-23-30(32(29)20-22-33)26-34(24-28)27-31/h3-4,7-8,11-12,15,19,23,29-32,35H,1-2,5-6,9-10,13-14,16-18,20-22,24-27H2/p+2/b4-3-,11-7-,12-8+,19-15-/t29-,30+,31?,32-/m1/s1. The summed E-state index contributed by atoms with van der Waals surface area (Å²) in [6, 6.07) is 0. The van der Waals surface area contributed by atoms with Gasteiger partial charge in [-0.25, -0.2) is 0 Å². The van der Waals surface area contributed by atoms with Crippen LogP contribution in [0.15, 0.2) is 60.3 Å². The van der Waals surface area contributed by atoms with Gasteiger partial charge in [-0.15, -0.1) is 0 Å². The van der Waals surface area contributed by atoms with Crippen molar-refractivity contribution < 1.29 is 14.9 Å². The number of aliphatic hydroxyl groups is 1. The molecule has 5 aliphatic rings. The van der Waals surface area contributed by atoms with Crippen molar-refractivity contribution in [1.29, 1.82) is 0 Å². The Morgan fingerprint density at radius 2 is 1.46 bits per heavy atom. The summed E-state index contributed by atoms with van der Waals surface area (Å²) in [5.74, 6) is 2.39. The van der Waals surface area contributed by atoms with Gasteiger partial charge in [0.25, 0.3) is 0 Å². The molecule has 0 saturated carbocycles. The van der Waals surface area contributed by atoms with Crippen LogP contribution in [0.4, 0.5) is 0 Å². The van der Waals surface area contributed by atoms with Crippen LogP contribution in [0.2, 0.25) is 0 Å². The van der Waals surface area contributed by atoms with Gasteiger partial charge in [0.05, 0.1) is 32.7 Å². The average molecular weight is 481 g/mol. The molecule has 6 atom stereocenters. The fraction of sp³-hybridized carbons (Fsp3) is 0.688. The first-order valence-electron chi connectivity index (χ1n) is 15.0. The van der Waals surface area contributed by atoms with Crippen molar-refractivity contribution in [2.24, 2.45) is 17.8 Å². The van der Waals surface area contributed by atoms with E-state index in [4.69, 9.17) is 0 Å². The molecule has 5 rings (SSSR count). The van der Waals surface area contributed by atoms with Crippen LogP contribution in [0.1, 0.15) is 77.0 Å². The lowest BCUT2D eigenvalue weighted by atomic mass is 9.72. The van der Waals surface area contributed by atoms with Gasteiger partial charge in [-0.05, 0) is 56.4 Å². The molecule has 0 spiro atoms. The molecule has 1 fully saturated rings. The highest BCUT2D eigenvalue weighted by Gasteiger charge is 2.39. The summed E-state index contributed by atoms with van der Waals surface area (Å²) in [6.07, 6.45) is 35.8. The zero-order chi connectivity index (χ0) is 24.1. The van der Waals surface area contributed by atoms with E-state index in [2.05, 4.69) is 48.6 Å². The van der Waals surface area contributed by atoms with Gasteiger partial charge in [-0.2, -0.15) is 0 Å². The third-order valence-electron chi connectivity index (χ3n) is 8.93. The maximum atomic E-state index is 10.8. The summed E-state index contributed by atoms with van der Waals surface area (Å²) in [5.41, 5.74) is 1.67. The molecule has 0 aliphatic carbocycles. The maximum absolute atomic E-state index is 10.8. The summed E-state index contributed by atoms with van der Waals surface area (Å²) >= 11 is 0. The van der Waals surface area contributed by atoms with Crippen molar-refractivity contribution in [1.82, 2.24) is 0 Å². The Kier molecular flexibility index (Phi) is 11.4. The highest BCUT2D eigenvalue weighted by Crippen LogP contribution is 2.32. The van der Waals surface area contributed by atoms with Crippen LogP contribution >= 0.6 is 0 Å². The van der Waals surface area contributed by atoms with E-state index in [0.717, 1.165) is 24.9 Å². The monoisotopic (exact) mass is 480 g/mol. The summed E-state index contributed by atoms with van der Waals surface area (Å²) in [7, 11) is 0. The van der Waals surface area contributed by atoms with Gasteiger partial charge in [0, 0.05) is 24.7 Å². The predicted molar refractivity (Wildman–Crippen MR) is 148 cm³/mol. The van der Waals surface area contributed by atoms with Gasteiger partial charge < -0.3 is 14.9 Å². The second-order valence-electron chi connectivity index (χ2n) is 11.8. The first-order chi connectivity index (χ1) is 17.3. The molecule has 0 aromatic rings. The lowest BCUT2D eigenvalue weighted by Crippen LogP contribution is -3.15. The van der Waals surface area contributed by atoms with Crippen molar-refractivity contribution in [3.8, 4) is 0 Å². The van der Waals surface area contributed by atoms with Crippen LogP contribution in [-0.4, -0.2) is 50.5 Å². The van der Waals surface area contributed by atoms with E-state index in [1.165, 1.54) is 103 Å². The number of aliphatic hydroxyl groups excluding tert-OH is 1. The normalized spacial score (nSPS) is 39.7. The average Bonchev–Trinajstić information content (AvgIpc) is 2.85. The largest absolute Gasteiger partial charge is 0.383 e. The SMILES string of the molecule is OC1/C=C\C=C/CCCCCC[C@@H]2C[NH+]3CC/C=C/C=C\CCCCC4=C[C@@H](C[NH+](C4)C1)[C@@H]2CC3. The van der Waals surface area contributed by atoms with Crippen molar-refractivity contribution in [2.75, 3.05) is 39.3 Å². The van der Waals surface area contributed by atoms with Crippen LogP contribution in [0, 0.1) is 17.8 Å². The molecule has 194 valence electrons. The van der Waals surface area contributed by atoms with Crippen molar-refractivity contribution in [3.05, 3.63) is 60.3 Å². The number of allylic oxidation sites excluding steroid dienone is 6. The molecule has 0 amide bonds. The molecule has 0 radical (unpaired) electrons. The van der Waals surface area contributed by atoms with Gasteiger partial charge in [0.1, 0.15) is 12.6 Å². The highest BCUT2D eigenvalue weighted by molar-refractivity contribution is 5.10. The quantitative estimate of drug-likeness (QED) is 0.452. The van der Waals surface area contributed by atoms with Gasteiger partial charge in [-0.3, -0.25) is 0 Å². The van der Waals surface area contributed by atoms with Crippen molar-refractivity contribution >= 4 is 0 Å². The zero-order valence-electron chi connectivity index (χ0n) is 22.2. The maximum Gasteiger partial charge on any atom is 0.121 e. The van der Waals surface area contributed by atoms with Crippen LogP contribution in [-0.2, 0) is 0 Å². The summed E-state index contributed by atoms with van der Waals surface area (Å²) in [5, 5.41) is 10.8. The third kappa shape index (κ3) is 9.19. The summed E-state index contributed by atoms with van der Waals surface area (Å²) in [4.78, 5) is 3.44. The predicted octanol–water partition coefficient (Wildman–Crippen LogP) is 3.85. The molecular formula is C32H52N2O+2. The van der Waals surface area contributed by atoms with Gasteiger partial charge >= 0.3 is 0 Å². The van der Waals surface area contributed by atoms with Crippen LogP contribution in [0.5, 0.6) is 0 Å². The number of hydrogen-bond acceptors (Lipinski definition) is 1. The van der Waals surface area contributed by atoms with E-state index in [1.54, 1.807) is 10.5 Å². The molecule has 0 aromatic carbocycles. The molecule has 3 N–H and O–H groups in total. The van der Waals surface area contributed by atoms with E-state index >= 15 is 0 Å². The Labute approximate surface area is 215 Å². The lowest BCUT2D eigenvalue weighted by molar-refractivity contribution is -0.913. The molecule has 0 aromatic heterocycles. The number of fused-ring (bicyclic) bond motifs is 9. The number of quaternary nitrogens is 2. The molecule has 5 heterocycles. The molecular weight excluding hydrogens is 428 g/mol. The Morgan fingerprint density at radius 3 is 2.34 bits per heavy atom. The van der Waals surface area contributed by atoms with Crippen molar-refractivity contribution in [3.63, 3.8) is 0 Å². The minimum absolute atomic E-state index is 0.341. The molecule has 6 bridgehead atoms. The molecule has 1 saturated heterocycles. The zero-order valence-corrected chi connectivity index (χ0v) is 22.2. The highest BCUT2D eigenvalue weighted by atomic mass is 16.3. The minimum Gasteiger partial charge on any atom is -0.383 e. The van der Waals surface area contributed by atoms with E-state index in [0.29, 0.717) is 5.92 Å². The molecule has 3 nitrogen and oxygen atoms in total. The van der Waals surface area contributed by atoms with E-state index in [1.807, 2.05) is 11.0 Å². The third-order valence-corrected chi connectivity index (χ3v) is 8.93. The second-order valence-corrected chi connectivity index (χ2v) is 11.8. The summed E-state index contributed by atoms with van der Waals surface area (Å²) < 4.78 is 0.